The van der Waals surface area contributed by atoms with E-state index in [4.69, 9.17) is 4.74 Å². The molecule has 0 bridgehead atoms. The quantitative estimate of drug-likeness (QED) is 0.267. The number of rotatable bonds is 8. The summed E-state index contributed by atoms with van der Waals surface area (Å²) < 4.78 is 21.8. The number of aromatic amines is 1. The van der Waals surface area contributed by atoms with Gasteiger partial charge in [0.05, 0.1) is 12.3 Å². The standard InChI is InChI=1S/C30H29FN2O3/c1-4-5-18-36-24-16-12-22(13-17-24)28-27(31)25(21-10-6-19(2)7-11-21)26(30(35)33-28)29(34)32-23-14-8-20(3)9-15-23/h6-17H,4-5,18H2,1-3H3,(H,32,34)(H,33,35). The molecule has 0 atom stereocenters. The molecule has 4 rings (SSSR count). The van der Waals surface area contributed by atoms with Crippen molar-refractivity contribution in [2.75, 3.05) is 11.9 Å². The second kappa shape index (κ2) is 11.0. The monoisotopic (exact) mass is 484 g/mol. The minimum absolute atomic E-state index is 0.0163. The van der Waals surface area contributed by atoms with Crippen LogP contribution in [0.3, 0.4) is 0 Å². The third kappa shape index (κ3) is 5.54. The summed E-state index contributed by atoms with van der Waals surface area (Å²) in [5, 5.41) is 2.72. The number of ether oxygens (including phenoxy) is 1. The van der Waals surface area contributed by atoms with Crippen molar-refractivity contribution in [3.05, 3.63) is 106 Å². The number of carbonyl (C=O) groups excluding carboxylic acids is 1. The van der Waals surface area contributed by atoms with Crippen molar-refractivity contribution in [1.29, 1.82) is 0 Å². The number of aromatic nitrogens is 1. The maximum atomic E-state index is 16.1. The van der Waals surface area contributed by atoms with Gasteiger partial charge in [-0.15, -0.1) is 0 Å². The molecule has 0 radical (unpaired) electrons. The second-order valence-corrected chi connectivity index (χ2v) is 8.81. The minimum atomic E-state index is -0.680. The molecule has 0 unspecified atom stereocenters. The Morgan fingerprint density at radius 1 is 0.889 bits per heavy atom. The Kier molecular flexibility index (Phi) is 7.64. The molecule has 0 saturated carbocycles. The van der Waals surface area contributed by atoms with Crippen LogP contribution in [0.4, 0.5) is 10.1 Å². The van der Waals surface area contributed by atoms with Gasteiger partial charge in [-0.3, -0.25) is 9.59 Å². The van der Waals surface area contributed by atoms with Crippen molar-refractivity contribution >= 4 is 11.6 Å². The van der Waals surface area contributed by atoms with Gasteiger partial charge in [-0.25, -0.2) is 4.39 Å². The highest BCUT2D eigenvalue weighted by molar-refractivity contribution is 6.09. The van der Waals surface area contributed by atoms with Crippen LogP contribution in [0.25, 0.3) is 22.4 Å². The topological polar surface area (TPSA) is 71.2 Å². The van der Waals surface area contributed by atoms with E-state index in [1.54, 1.807) is 48.5 Å². The van der Waals surface area contributed by atoms with E-state index in [0.29, 0.717) is 29.2 Å². The summed E-state index contributed by atoms with van der Waals surface area (Å²) in [6.07, 6.45) is 1.96. The number of unbranched alkanes of at least 4 members (excludes halogenated alkanes) is 1. The van der Waals surface area contributed by atoms with Gasteiger partial charge in [0.15, 0.2) is 5.82 Å². The van der Waals surface area contributed by atoms with Gasteiger partial charge in [0.25, 0.3) is 11.5 Å². The zero-order valence-electron chi connectivity index (χ0n) is 20.7. The van der Waals surface area contributed by atoms with Crippen LogP contribution in [0.2, 0.25) is 0 Å². The third-order valence-electron chi connectivity index (χ3n) is 5.94. The van der Waals surface area contributed by atoms with E-state index in [1.165, 1.54) is 0 Å². The molecule has 36 heavy (non-hydrogen) atoms. The highest BCUT2D eigenvalue weighted by Gasteiger charge is 2.25. The van der Waals surface area contributed by atoms with Gasteiger partial charge < -0.3 is 15.0 Å². The maximum Gasteiger partial charge on any atom is 0.262 e. The first-order valence-electron chi connectivity index (χ1n) is 12.0. The number of nitrogens with one attached hydrogen (secondary N) is 2. The molecule has 2 N–H and O–H groups in total. The van der Waals surface area contributed by atoms with E-state index in [0.717, 1.165) is 24.0 Å². The summed E-state index contributed by atoms with van der Waals surface area (Å²) in [4.78, 5) is 29.1. The fraction of sp³-hybridized carbons (Fsp3) is 0.200. The highest BCUT2D eigenvalue weighted by Crippen LogP contribution is 2.32. The first-order valence-corrected chi connectivity index (χ1v) is 12.0. The molecule has 0 aliphatic carbocycles. The van der Waals surface area contributed by atoms with Crippen molar-refractivity contribution in [2.45, 2.75) is 33.6 Å². The summed E-state index contributed by atoms with van der Waals surface area (Å²) in [7, 11) is 0. The van der Waals surface area contributed by atoms with Gasteiger partial charge in [-0.2, -0.15) is 0 Å². The van der Waals surface area contributed by atoms with E-state index in [1.807, 2.05) is 38.1 Å². The number of pyridine rings is 1. The summed E-state index contributed by atoms with van der Waals surface area (Å²) in [6, 6.07) is 21.1. The van der Waals surface area contributed by atoms with E-state index in [9.17, 15) is 9.59 Å². The van der Waals surface area contributed by atoms with Gasteiger partial charge in [-0.1, -0.05) is 60.9 Å². The Bertz CT molecular complexity index is 1410. The molecular formula is C30H29FN2O3. The lowest BCUT2D eigenvalue weighted by molar-refractivity contribution is 0.102. The van der Waals surface area contributed by atoms with Crippen molar-refractivity contribution < 1.29 is 13.9 Å². The van der Waals surface area contributed by atoms with E-state index in [-0.39, 0.29) is 16.8 Å². The number of H-pyrrole nitrogens is 1. The molecule has 0 spiro atoms. The molecule has 1 aromatic heterocycles. The Hall–Kier alpha value is -4.19. The number of hydrogen-bond acceptors (Lipinski definition) is 3. The molecule has 1 amide bonds. The predicted molar refractivity (Wildman–Crippen MR) is 142 cm³/mol. The number of carbonyl (C=O) groups is 1. The van der Waals surface area contributed by atoms with Crippen LogP contribution in [0.15, 0.2) is 77.6 Å². The fourth-order valence-electron chi connectivity index (χ4n) is 3.87. The SMILES string of the molecule is CCCCOc1ccc(-c2[nH]c(=O)c(C(=O)Nc3ccc(C)cc3)c(-c3ccc(C)cc3)c2F)cc1. The zero-order chi connectivity index (χ0) is 25.7. The van der Waals surface area contributed by atoms with E-state index >= 15 is 4.39 Å². The molecule has 0 fully saturated rings. The molecule has 3 aromatic carbocycles. The molecule has 184 valence electrons. The van der Waals surface area contributed by atoms with Gasteiger partial charge in [0.1, 0.15) is 11.3 Å². The number of hydrogen-bond donors (Lipinski definition) is 2. The first-order chi connectivity index (χ1) is 17.4. The Labute approximate surface area is 210 Å². The Morgan fingerprint density at radius 2 is 1.47 bits per heavy atom. The number of amides is 1. The predicted octanol–water partition coefficient (Wildman–Crippen LogP) is 6.90. The summed E-state index contributed by atoms with van der Waals surface area (Å²) in [6.45, 7) is 6.54. The van der Waals surface area contributed by atoms with Gasteiger partial charge >= 0.3 is 0 Å². The lowest BCUT2D eigenvalue weighted by Crippen LogP contribution is -2.26. The molecule has 0 aliphatic heterocycles. The zero-order valence-corrected chi connectivity index (χ0v) is 20.7. The summed E-state index contributed by atoms with van der Waals surface area (Å²) >= 11 is 0. The van der Waals surface area contributed by atoms with Gasteiger partial charge in [0.2, 0.25) is 0 Å². The van der Waals surface area contributed by atoms with Crippen LogP contribution in [0.5, 0.6) is 5.75 Å². The maximum absolute atomic E-state index is 16.1. The van der Waals surface area contributed by atoms with E-state index < -0.39 is 17.3 Å². The second-order valence-electron chi connectivity index (χ2n) is 8.81. The van der Waals surface area contributed by atoms with Crippen LogP contribution in [0.1, 0.15) is 41.3 Å². The largest absolute Gasteiger partial charge is 0.494 e. The lowest BCUT2D eigenvalue weighted by atomic mass is 9.96. The first kappa shape index (κ1) is 24.9. The van der Waals surface area contributed by atoms with Gasteiger partial charge in [-0.05, 0) is 62.2 Å². The Morgan fingerprint density at radius 3 is 2.08 bits per heavy atom. The van der Waals surface area contributed by atoms with Crippen molar-refractivity contribution in [2.24, 2.45) is 0 Å². The molecule has 1 heterocycles. The average molecular weight is 485 g/mol. The molecule has 6 heteroatoms. The fourth-order valence-corrected chi connectivity index (χ4v) is 3.87. The Balaban J connectivity index is 1.79. The number of anilines is 1. The summed E-state index contributed by atoms with van der Waals surface area (Å²) in [5.41, 5.74) is 2.48. The smallest absolute Gasteiger partial charge is 0.262 e. The van der Waals surface area contributed by atoms with Crippen LogP contribution in [-0.2, 0) is 0 Å². The molecule has 5 nitrogen and oxygen atoms in total. The minimum Gasteiger partial charge on any atom is -0.494 e. The van der Waals surface area contributed by atoms with Crippen molar-refractivity contribution in [3.63, 3.8) is 0 Å². The highest BCUT2D eigenvalue weighted by atomic mass is 19.1. The van der Waals surface area contributed by atoms with Gasteiger partial charge in [0, 0.05) is 16.8 Å². The molecule has 0 saturated heterocycles. The van der Waals surface area contributed by atoms with Crippen LogP contribution in [-0.4, -0.2) is 17.5 Å². The average Bonchev–Trinajstić information content (AvgIpc) is 2.87. The normalized spacial score (nSPS) is 10.8. The number of benzene rings is 3. The van der Waals surface area contributed by atoms with Crippen LogP contribution in [0, 0.1) is 19.7 Å². The van der Waals surface area contributed by atoms with Crippen LogP contribution >= 0.6 is 0 Å². The summed E-state index contributed by atoms with van der Waals surface area (Å²) in [5.74, 6) is -0.684. The van der Waals surface area contributed by atoms with Crippen molar-refractivity contribution in [1.82, 2.24) is 4.98 Å². The van der Waals surface area contributed by atoms with Crippen LogP contribution < -0.4 is 15.6 Å². The van der Waals surface area contributed by atoms with E-state index in [2.05, 4.69) is 17.2 Å². The molecular weight excluding hydrogens is 455 g/mol. The lowest BCUT2D eigenvalue weighted by Gasteiger charge is -2.15. The van der Waals surface area contributed by atoms with Crippen molar-refractivity contribution in [3.8, 4) is 28.1 Å². The number of aryl methyl sites for hydroxylation is 2. The third-order valence-corrected chi connectivity index (χ3v) is 5.94. The number of halogens is 1. The molecule has 0 aliphatic rings. The molecule has 4 aromatic rings.